The number of hydrogen-bond acceptors (Lipinski definition) is 2. The van der Waals surface area contributed by atoms with Gasteiger partial charge in [-0.1, -0.05) is 42.5 Å². The van der Waals surface area contributed by atoms with Crippen molar-refractivity contribution >= 4 is 5.91 Å². The summed E-state index contributed by atoms with van der Waals surface area (Å²) >= 11 is 0. The van der Waals surface area contributed by atoms with Crippen molar-refractivity contribution in [1.29, 1.82) is 0 Å². The highest BCUT2D eigenvalue weighted by atomic mass is 16.1. The molecule has 1 aliphatic rings. The van der Waals surface area contributed by atoms with E-state index in [1.807, 2.05) is 24.3 Å². The normalized spacial score (nSPS) is 19.8. The van der Waals surface area contributed by atoms with E-state index in [4.69, 9.17) is 5.73 Å². The second kappa shape index (κ2) is 6.75. The van der Waals surface area contributed by atoms with Crippen molar-refractivity contribution in [2.24, 2.45) is 5.73 Å². The van der Waals surface area contributed by atoms with Crippen LogP contribution in [-0.4, -0.2) is 18.5 Å². The van der Waals surface area contributed by atoms with Crippen LogP contribution in [0.5, 0.6) is 0 Å². The summed E-state index contributed by atoms with van der Waals surface area (Å²) in [7, 11) is 0. The van der Waals surface area contributed by atoms with Crippen LogP contribution in [0.15, 0.2) is 54.6 Å². The molecule has 1 amide bonds. The molecule has 114 valence electrons. The van der Waals surface area contributed by atoms with Gasteiger partial charge in [0.2, 0.25) is 5.91 Å². The lowest BCUT2D eigenvalue weighted by atomic mass is 10.1. The quantitative estimate of drug-likeness (QED) is 0.772. The molecule has 0 radical (unpaired) electrons. The number of primary amides is 1. The molecule has 0 spiro atoms. The molecule has 3 nitrogen and oxygen atoms in total. The SMILES string of the molecule is NC(=O)c1ccc(C2CC2NCCCc2ccccc2)cc1. The summed E-state index contributed by atoms with van der Waals surface area (Å²) in [4.78, 5) is 11.1. The number of hydrogen-bond donors (Lipinski definition) is 2. The van der Waals surface area contributed by atoms with Crippen LogP contribution in [0.25, 0.3) is 0 Å². The molecule has 1 fully saturated rings. The molecule has 3 N–H and O–H groups in total. The van der Waals surface area contributed by atoms with E-state index in [1.165, 1.54) is 17.5 Å². The molecule has 2 aromatic rings. The Balaban J connectivity index is 1.40. The van der Waals surface area contributed by atoms with Crippen LogP contribution in [0.4, 0.5) is 0 Å². The molecular formula is C19H22N2O. The first-order valence-corrected chi connectivity index (χ1v) is 7.91. The van der Waals surface area contributed by atoms with Crippen LogP contribution in [0.1, 0.15) is 40.2 Å². The third kappa shape index (κ3) is 3.74. The maximum absolute atomic E-state index is 11.1. The third-order valence-corrected chi connectivity index (χ3v) is 4.31. The molecule has 0 bridgehead atoms. The fraction of sp³-hybridized carbons (Fsp3) is 0.316. The minimum atomic E-state index is -0.363. The van der Waals surface area contributed by atoms with Crippen molar-refractivity contribution in [3.63, 3.8) is 0 Å². The lowest BCUT2D eigenvalue weighted by Gasteiger charge is -2.05. The number of benzene rings is 2. The first kappa shape index (κ1) is 14.8. The Bertz CT molecular complexity index is 622. The zero-order valence-corrected chi connectivity index (χ0v) is 12.7. The van der Waals surface area contributed by atoms with Gasteiger partial charge in [0.25, 0.3) is 0 Å². The summed E-state index contributed by atoms with van der Waals surface area (Å²) in [5.74, 6) is 0.219. The third-order valence-electron chi connectivity index (χ3n) is 4.31. The van der Waals surface area contributed by atoms with Crippen molar-refractivity contribution in [3.05, 3.63) is 71.3 Å². The summed E-state index contributed by atoms with van der Waals surface area (Å²) in [6, 6.07) is 18.9. The molecular weight excluding hydrogens is 272 g/mol. The Kier molecular flexibility index (Phi) is 4.54. The van der Waals surface area contributed by atoms with Gasteiger partial charge >= 0.3 is 0 Å². The highest BCUT2D eigenvalue weighted by Gasteiger charge is 2.37. The van der Waals surface area contributed by atoms with Gasteiger partial charge in [-0.25, -0.2) is 0 Å². The van der Waals surface area contributed by atoms with Crippen LogP contribution in [0.3, 0.4) is 0 Å². The monoisotopic (exact) mass is 294 g/mol. The average Bonchev–Trinajstić information content (AvgIpc) is 3.32. The summed E-state index contributed by atoms with van der Waals surface area (Å²) in [5.41, 5.74) is 8.54. The van der Waals surface area contributed by atoms with E-state index in [0.717, 1.165) is 19.4 Å². The standard InChI is InChI=1S/C19H22N2O/c20-19(22)16-10-8-15(9-11-16)17-13-18(17)21-12-4-7-14-5-2-1-3-6-14/h1-3,5-6,8-11,17-18,21H,4,7,12-13H2,(H2,20,22). The second-order valence-corrected chi connectivity index (χ2v) is 5.98. The Labute approximate surface area is 131 Å². The maximum atomic E-state index is 11.1. The van der Waals surface area contributed by atoms with Gasteiger partial charge in [0.1, 0.15) is 0 Å². The van der Waals surface area contributed by atoms with Gasteiger partial charge in [-0.15, -0.1) is 0 Å². The summed E-state index contributed by atoms with van der Waals surface area (Å²) in [6.45, 7) is 1.05. The molecule has 1 aliphatic carbocycles. The van der Waals surface area contributed by atoms with Gasteiger partial charge in [-0.2, -0.15) is 0 Å². The van der Waals surface area contributed by atoms with E-state index in [9.17, 15) is 4.79 Å². The van der Waals surface area contributed by atoms with Crippen molar-refractivity contribution in [2.75, 3.05) is 6.54 Å². The summed E-state index contributed by atoms with van der Waals surface area (Å²) in [5, 5.41) is 3.62. The van der Waals surface area contributed by atoms with Crippen molar-refractivity contribution in [1.82, 2.24) is 5.32 Å². The predicted octanol–water partition coefficient (Wildman–Crippen LogP) is 2.86. The maximum Gasteiger partial charge on any atom is 0.248 e. The van der Waals surface area contributed by atoms with E-state index in [1.54, 1.807) is 0 Å². The molecule has 2 unspecified atom stereocenters. The van der Waals surface area contributed by atoms with Gasteiger partial charge in [-0.05, 0) is 49.1 Å². The van der Waals surface area contributed by atoms with Gasteiger partial charge in [0, 0.05) is 17.5 Å². The highest BCUT2D eigenvalue weighted by molar-refractivity contribution is 5.92. The molecule has 0 heterocycles. The van der Waals surface area contributed by atoms with Crippen molar-refractivity contribution in [3.8, 4) is 0 Å². The highest BCUT2D eigenvalue weighted by Crippen LogP contribution is 2.40. The van der Waals surface area contributed by atoms with Gasteiger partial charge in [0.15, 0.2) is 0 Å². The van der Waals surface area contributed by atoms with Crippen LogP contribution in [0, 0.1) is 0 Å². The summed E-state index contributed by atoms with van der Waals surface area (Å²) < 4.78 is 0. The first-order chi connectivity index (χ1) is 10.7. The molecule has 2 atom stereocenters. The minimum absolute atomic E-state index is 0.363. The molecule has 22 heavy (non-hydrogen) atoms. The van der Waals surface area contributed by atoms with E-state index >= 15 is 0 Å². The van der Waals surface area contributed by atoms with Crippen LogP contribution in [0.2, 0.25) is 0 Å². The fourth-order valence-electron chi connectivity index (χ4n) is 2.91. The zero-order chi connectivity index (χ0) is 15.4. The van der Waals surface area contributed by atoms with Gasteiger partial charge in [-0.3, -0.25) is 4.79 Å². The number of nitrogens with one attached hydrogen (secondary N) is 1. The minimum Gasteiger partial charge on any atom is -0.366 e. The van der Waals surface area contributed by atoms with E-state index < -0.39 is 0 Å². The lowest BCUT2D eigenvalue weighted by Crippen LogP contribution is -2.19. The van der Waals surface area contributed by atoms with Gasteiger partial charge < -0.3 is 11.1 Å². The Morgan fingerprint density at radius 1 is 1.09 bits per heavy atom. The van der Waals surface area contributed by atoms with E-state index in [-0.39, 0.29) is 5.91 Å². The molecule has 3 heteroatoms. The molecule has 3 rings (SSSR count). The fourth-order valence-corrected chi connectivity index (χ4v) is 2.91. The van der Waals surface area contributed by atoms with E-state index in [2.05, 4.69) is 35.6 Å². The lowest BCUT2D eigenvalue weighted by molar-refractivity contribution is 0.100. The molecule has 0 saturated heterocycles. The molecule has 1 saturated carbocycles. The number of carbonyl (C=O) groups excluding carboxylic acids is 1. The van der Waals surface area contributed by atoms with Gasteiger partial charge in [0.05, 0.1) is 0 Å². The number of amides is 1. The topological polar surface area (TPSA) is 55.1 Å². The Morgan fingerprint density at radius 3 is 2.50 bits per heavy atom. The summed E-state index contributed by atoms with van der Waals surface area (Å²) in [6.07, 6.45) is 3.47. The number of aryl methyl sites for hydroxylation is 1. The average molecular weight is 294 g/mol. The zero-order valence-electron chi connectivity index (χ0n) is 12.7. The first-order valence-electron chi connectivity index (χ1n) is 7.91. The Morgan fingerprint density at radius 2 is 1.82 bits per heavy atom. The predicted molar refractivity (Wildman–Crippen MR) is 88.9 cm³/mol. The van der Waals surface area contributed by atoms with Crippen LogP contribution in [-0.2, 0) is 6.42 Å². The smallest absolute Gasteiger partial charge is 0.248 e. The molecule has 0 aromatic heterocycles. The molecule has 2 aromatic carbocycles. The van der Waals surface area contributed by atoms with Crippen LogP contribution < -0.4 is 11.1 Å². The van der Waals surface area contributed by atoms with Crippen molar-refractivity contribution in [2.45, 2.75) is 31.2 Å². The number of nitrogens with two attached hydrogens (primary N) is 1. The second-order valence-electron chi connectivity index (χ2n) is 5.98. The largest absolute Gasteiger partial charge is 0.366 e. The molecule has 0 aliphatic heterocycles. The number of carbonyl (C=O) groups is 1. The van der Waals surface area contributed by atoms with Crippen molar-refractivity contribution < 1.29 is 4.79 Å². The Hall–Kier alpha value is -2.13. The van der Waals surface area contributed by atoms with Crippen LogP contribution >= 0.6 is 0 Å². The number of rotatable bonds is 7. The van der Waals surface area contributed by atoms with E-state index in [0.29, 0.717) is 17.5 Å².